The first-order valence-electron chi connectivity index (χ1n) is 8.88. The molecule has 0 aliphatic rings. The zero-order valence-electron chi connectivity index (χ0n) is 16.6. The van der Waals surface area contributed by atoms with E-state index in [4.69, 9.17) is 9.47 Å². The maximum absolute atomic E-state index is 11.3. The van der Waals surface area contributed by atoms with Crippen LogP contribution in [0.4, 0.5) is 11.4 Å². The van der Waals surface area contributed by atoms with Gasteiger partial charge in [-0.2, -0.15) is 0 Å². The summed E-state index contributed by atoms with van der Waals surface area (Å²) in [5, 5.41) is 11.3. The molecule has 3 rings (SSSR count). The molecule has 0 saturated carbocycles. The SMILES string of the molecule is CCC(=Nc1ccc(NS(C)(=O)=O)cc1)c1c(O)[nH]c2cc(OC)c(OC)cc12. The lowest BCUT2D eigenvalue weighted by molar-refractivity contribution is 0.356. The summed E-state index contributed by atoms with van der Waals surface area (Å²) in [7, 11) is -0.238. The minimum absolute atomic E-state index is 0.00580. The number of rotatable bonds is 7. The lowest BCUT2D eigenvalue weighted by atomic mass is 10.1. The lowest BCUT2D eigenvalue weighted by Gasteiger charge is -2.09. The van der Waals surface area contributed by atoms with Gasteiger partial charge in [0.1, 0.15) is 0 Å². The highest BCUT2D eigenvalue weighted by Crippen LogP contribution is 2.37. The van der Waals surface area contributed by atoms with Crippen LogP contribution in [0.3, 0.4) is 0 Å². The summed E-state index contributed by atoms with van der Waals surface area (Å²) in [5.74, 6) is 1.11. The third kappa shape index (κ3) is 4.45. The number of methoxy groups -OCH3 is 2. The fourth-order valence-electron chi connectivity index (χ4n) is 3.08. The fraction of sp³-hybridized carbons (Fsp3) is 0.250. The molecule has 0 bridgehead atoms. The monoisotopic (exact) mass is 417 g/mol. The highest BCUT2D eigenvalue weighted by Gasteiger charge is 2.18. The second-order valence-electron chi connectivity index (χ2n) is 6.43. The van der Waals surface area contributed by atoms with Crippen molar-refractivity contribution in [3.63, 3.8) is 0 Å². The summed E-state index contributed by atoms with van der Waals surface area (Å²) in [6.45, 7) is 1.94. The van der Waals surface area contributed by atoms with E-state index in [9.17, 15) is 13.5 Å². The van der Waals surface area contributed by atoms with Crippen LogP contribution >= 0.6 is 0 Å². The average molecular weight is 417 g/mol. The number of fused-ring (bicyclic) bond motifs is 1. The third-order valence-corrected chi connectivity index (χ3v) is 4.95. The van der Waals surface area contributed by atoms with Crippen LogP contribution in [0.5, 0.6) is 17.4 Å². The third-order valence-electron chi connectivity index (χ3n) is 4.34. The molecule has 0 aliphatic carbocycles. The average Bonchev–Trinajstić information content (AvgIpc) is 2.99. The van der Waals surface area contributed by atoms with Gasteiger partial charge in [-0.1, -0.05) is 6.92 Å². The Kier molecular flexibility index (Phi) is 5.69. The number of aromatic amines is 1. The first-order chi connectivity index (χ1) is 13.8. The number of aliphatic imine (C=N–C) groups is 1. The number of benzene rings is 2. The number of H-pyrrole nitrogens is 1. The van der Waals surface area contributed by atoms with E-state index in [0.717, 1.165) is 11.6 Å². The summed E-state index contributed by atoms with van der Waals surface area (Å²) in [5.41, 5.74) is 3.04. The first kappa shape index (κ1) is 20.5. The summed E-state index contributed by atoms with van der Waals surface area (Å²) in [4.78, 5) is 7.60. The number of nitrogens with zero attached hydrogens (tertiary/aromatic N) is 1. The molecule has 3 aromatic rings. The van der Waals surface area contributed by atoms with Crippen molar-refractivity contribution in [1.82, 2.24) is 4.98 Å². The van der Waals surface area contributed by atoms with E-state index in [1.54, 1.807) is 50.6 Å². The van der Waals surface area contributed by atoms with Gasteiger partial charge in [-0.05, 0) is 36.8 Å². The second kappa shape index (κ2) is 8.04. The zero-order chi connectivity index (χ0) is 21.2. The Balaban J connectivity index is 2.05. The molecule has 8 nitrogen and oxygen atoms in total. The summed E-state index contributed by atoms with van der Waals surface area (Å²) < 4.78 is 35.8. The molecule has 0 amide bonds. The van der Waals surface area contributed by atoms with Gasteiger partial charge < -0.3 is 19.6 Å². The van der Waals surface area contributed by atoms with E-state index in [-0.39, 0.29) is 5.88 Å². The zero-order valence-corrected chi connectivity index (χ0v) is 17.4. The van der Waals surface area contributed by atoms with Crippen LogP contribution in [0.1, 0.15) is 18.9 Å². The molecule has 0 aliphatic heterocycles. The fourth-order valence-corrected chi connectivity index (χ4v) is 3.65. The van der Waals surface area contributed by atoms with Crippen molar-refractivity contribution in [2.45, 2.75) is 13.3 Å². The van der Waals surface area contributed by atoms with Crippen molar-refractivity contribution in [3.05, 3.63) is 42.0 Å². The van der Waals surface area contributed by atoms with Gasteiger partial charge in [0.05, 0.1) is 43.0 Å². The maximum Gasteiger partial charge on any atom is 0.229 e. The standard InChI is InChI=1S/C20H23N3O5S/c1-5-15(21-12-6-8-13(9-7-12)23-29(4,25)26)19-14-10-17(27-2)18(28-3)11-16(14)22-20(19)24/h6-11,22-24H,5H2,1-4H3. The molecule has 1 aromatic heterocycles. The number of hydrogen-bond acceptors (Lipinski definition) is 6. The van der Waals surface area contributed by atoms with Crippen LogP contribution in [0.25, 0.3) is 10.9 Å². The topological polar surface area (TPSA) is 113 Å². The summed E-state index contributed by atoms with van der Waals surface area (Å²) in [6, 6.07) is 10.2. The Hall–Kier alpha value is -3.20. The van der Waals surface area contributed by atoms with E-state index in [1.807, 2.05) is 6.92 Å². The highest BCUT2D eigenvalue weighted by atomic mass is 32.2. The minimum atomic E-state index is -3.34. The van der Waals surface area contributed by atoms with E-state index < -0.39 is 10.0 Å². The van der Waals surface area contributed by atoms with Crippen LogP contribution in [0, 0.1) is 0 Å². The van der Waals surface area contributed by atoms with E-state index in [0.29, 0.717) is 46.1 Å². The Morgan fingerprint density at radius 3 is 2.31 bits per heavy atom. The number of anilines is 1. The molecule has 0 fully saturated rings. The van der Waals surface area contributed by atoms with Gasteiger partial charge in [0.15, 0.2) is 17.4 Å². The number of sulfonamides is 1. The number of nitrogens with one attached hydrogen (secondary N) is 2. The Morgan fingerprint density at radius 2 is 1.76 bits per heavy atom. The molecule has 0 saturated heterocycles. The smallest absolute Gasteiger partial charge is 0.229 e. The summed E-state index contributed by atoms with van der Waals surface area (Å²) >= 11 is 0. The molecule has 3 N–H and O–H groups in total. The first-order valence-corrected chi connectivity index (χ1v) is 10.8. The van der Waals surface area contributed by atoms with E-state index in [2.05, 4.69) is 14.7 Å². The van der Waals surface area contributed by atoms with Crippen molar-refractivity contribution in [2.75, 3.05) is 25.2 Å². The predicted molar refractivity (Wildman–Crippen MR) is 114 cm³/mol. The van der Waals surface area contributed by atoms with Crippen LogP contribution < -0.4 is 14.2 Å². The Bertz CT molecular complexity index is 1170. The molecule has 0 radical (unpaired) electrons. The van der Waals surface area contributed by atoms with Gasteiger partial charge >= 0.3 is 0 Å². The highest BCUT2D eigenvalue weighted by molar-refractivity contribution is 7.92. The maximum atomic E-state index is 11.3. The van der Waals surface area contributed by atoms with Gasteiger partial charge in [0, 0.05) is 17.1 Å². The van der Waals surface area contributed by atoms with Crippen molar-refractivity contribution in [2.24, 2.45) is 4.99 Å². The van der Waals surface area contributed by atoms with Gasteiger partial charge in [0.2, 0.25) is 10.0 Å². The van der Waals surface area contributed by atoms with Crippen LogP contribution in [-0.4, -0.2) is 44.7 Å². The summed E-state index contributed by atoms with van der Waals surface area (Å²) in [6.07, 6.45) is 1.66. The quantitative estimate of drug-likeness (QED) is 0.506. The van der Waals surface area contributed by atoms with Crippen molar-refractivity contribution in [3.8, 4) is 17.4 Å². The van der Waals surface area contributed by atoms with E-state index >= 15 is 0 Å². The van der Waals surface area contributed by atoms with Crippen molar-refractivity contribution >= 4 is 38.0 Å². The van der Waals surface area contributed by atoms with Crippen molar-refractivity contribution in [1.29, 1.82) is 0 Å². The molecule has 0 unspecified atom stereocenters. The molecule has 2 aromatic carbocycles. The predicted octanol–water partition coefficient (Wildman–Crippen LogP) is 3.79. The van der Waals surface area contributed by atoms with Gasteiger partial charge in [-0.25, -0.2) is 8.42 Å². The molecule has 0 spiro atoms. The van der Waals surface area contributed by atoms with Gasteiger partial charge in [-0.15, -0.1) is 0 Å². The number of ether oxygens (including phenoxy) is 2. The molecule has 9 heteroatoms. The number of hydrogen-bond donors (Lipinski definition) is 3. The Labute approximate surface area is 169 Å². The van der Waals surface area contributed by atoms with Crippen LogP contribution in [-0.2, 0) is 10.0 Å². The molecular formula is C20H23N3O5S. The molecule has 0 atom stereocenters. The van der Waals surface area contributed by atoms with Gasteiger partial charge in [-0.3, -0.25) is 9.71 Å². The number of aromatic hydroxyl groups is 1. The van der Waals surface area contributed by atoms with Crippen molar-refractivity contribution < 1.29 is 23.0 Å². The Morgan fingerprint density at radius 1 is 1.14 bits per heavy atom. The molecule has 154 valence electrons. The largest absolute Gasteiger partial charge is 0.494 e. The second-order valence-corrected chi connectivity index (χ2v) is 8.18. The molecule has 1 heterocycles. The minimum Gasteiger partial charge on any atom is -0.494 e. The molecule has 29 heavy (non-hydrogen) atoms. The van der Waals surface area contributed by atoms with Gasteiger partial charge in [0.25, 0.3) is 0 Å². The molecular weight excluding hydrogens is 394 g/mol. The van der Waals surface area contributed by atoms with E-state index in [1.165, 1.54) is 0 Å². The van der Waals surface area contributed by atoms with Crippen LogP contribution in [0.15, 0.2) is 41.4 Å². The lowest BCUT2D eigenvalue weighted by Crippen LogP contribution is -2.09. The number of aromatic nitrogens is 1. The van der Waals surface area contributed by atoms with Crippen LogP contribution in [0.2, 0.25) is 0 Å². The normalized spacial score (nSPS) is 12.2.